The van der Waals surface area contributed by atoms with E-state index in [0.717, 1.165) is 29.7 Å². The molecule has 0 N–H and O–H groups in total. The largest absolute Gasteiger partial charge is 0.314 e. The third-order valence-electron chi connectivity index (χ3n) is 5.88. The van der Waals surface area contributed by atoms with Crippen LogP contribution in [0.2, 0.25) is 0 Å². The van der Waals surface area contributed by atoms with Gasteiger partial charge in [0.25, 0.3) is 5.91 Å². The van der Waals surface area contributed by atoms with E-state index >= 15 is 0 Å². The third kappa shape index (κ3) is 2.88. The zero-order chi connectivity index (χ0) is 20.4. The smallest absolute Gasteiger partial charge is 0.268 e. The first-order valence-electron chi connectivity index (χ1n) is 9.99. The fourth-order valence-electron chi connectivity index (χ4n) is 4.46. The summed E-state index contributed by atoms with van der Waals surface area (Å²) in [6.07, 6.45) is 1.82. The van der Waals surface area contributed by atoms with Crippen LogP contribution in [-0.2, 0) is 21.0 Å². The van der Waals surface area contributed by atoms with Crippen LogP contribution in [0.5, 0.6) is 0 Å². The Kier molecular flexibility index (Phi) is 4.07. The molecule has 150 valence electrons. The third-order valence-corrected chi connectivity index (χ3v) is 7.48. The van der Waals surface area contributed by atoms with E-state index in [1.54, 1.807) is 28.8 Å². The van der Waals surface area contributed by atoms with Gasteiger partial charge in [0.05, 0.1) is 12.2 Å². The molecule has 29 heavy (non-hydrogen) atoms. The van der Waals surface area contributed by atoms with E-state index in [-0.39, 0.29) is 28.3 Å². The highest BCUT2D eigenvalue weighted by molar-refractivity contribution is 8.02. The van der Waals surface area contributed by atoms with E-state index in [1.807, 2.05) is 29.2 Å². The summed E-state index contributed by atoms with van der Waals surface area (Å²) in [4.78, 5) is 29.7. The van der Waals surface area contributed by atoms with E-state index in [0.29, 0.717) is 13.1 Å². The molecule has 0 radical (unpaired) electrons. The zero-order valence-corrected chi connectivity index (χ0v) is 17.3. The number of amides is 2. The van der Waals surface area contributed by atoms with E-state index in [9.17, 15) is 14.0 Å². The zero-order valence-electron chi connectivity index (χ0n) is 16.5. The van der Waals surface area contributed by atoms with Crippen LogP contribution < -0.4 is 4.90 Å². The molecule has 4 nitrogen and oxygen atoms in total. The molecule has 5 rings (SSSR count). The Morgan fingerprint density at radius 3 is 2.52 bits per heavy atom. The molecule has 1 saturated heterocycles. The number of fused-ring (bicyclic) bond motifs is 2. The predicted molar refractivity (Wildman–Crippen MR) is 112 cm³/mol. The van der Waals surface area contributed by atoms with Gasteiger partial charge in [-0.05, 0) is 50.5 Å². The SMILES string of the molecule is CC1(C)CN(C(=O)C2CC2)C2(S1)C(=O)N(Cc1ccc(F)cc1)c1ccccc12. The second kappa shape index (κ2) is 6.33. The lowest BCUT2D eigenvalue weighted by atomic mass is 10.0. The average Bonchev–Trinajstić information content (AvgIpc) is 3.47. The number of rotatable bonds is 3. The van der Waals surface area contributed by atoms with Crippen molar-refractivity contribution in [2.24, 2.45) is 5.92 Å². The molecule has 6 heteroatoms. The molecule has 2 aromatic rings. The standard InChI is InChI=1S/C23H23FN2O2S/c1-22(2)14-26(20(27)16-9-10-16)23(29-22)18-5-3-4-6-19(18)25(21(23)28)13-15-7-11-17(24)12-8-15/h3-8,11-12,16H,9-10,13-14H2,1-2H3. The van der Waals surface area contributed by atoms with Gasteiger partial charge < -0.3 is 9.80 Å². The first-order chi connectivity index (χ1) is 13.8. The fraction of sp³-hybridized carbons (Fsp3) is 0.391. The van der Waals surface area contributed by atoms with Crippen LogP contribution in [0.25, 0.3) is 0 Å². The number of hydrogen-bond acceptors (Lipinski definition) is 3. The fourth-order valence-corrected chi connectivity index (χ4v) is 6.19. The number of halogens is 1. The van der Waals surface area contributed by atoms with Gasteiger partial charge in [0.2, 0.25) is 5.91 Å². The minimum Gasteiger partial charge on any atom is -0.314 e. The van der Waals surface area contributed by atoms with Crippen LogP contribution in [0.1, 0.15) is 37.8 Å². The summed E-state index contributed by atoms with van der Waals surface area (Å²) in [6.45, 7) is 5.10. The Labute approximate surface area is 174 Å². The maximum Gasteiger partial charge on any atom is 0.268 e. The molecular formula is C23H23FN2O2S. The number of hydrogen-bond donors (Lipinski definition) is 0. The lowest BCUT2D eigenvalue weighted by Crippen LogP contribution is -2.50. The normalized spacial score (nSPS) is 25.0. The topological polar surface area (TPSA) is 40.6 Å². The van der Waals surface area contributed by atoms with Crippen molar-refractivity contribution >= 4 is 29.3 Å². The van der Waals surface area contributed by atoms with Crippen molar-refractivity contribution in [2.45, 2.75) is 42.9 Å². The summed E-state index contributed by atoms with van der Waals surface area (Å²) in [5, 5.41) is 0. The molecule has 0 aromatic heterocycles. The average molecular weight is 411 g/mol. The Bertz CT molecular complexity index is 1000. The molecule has 1 aliphatic carbocycles. The lowest BCUT2D eigenvalue weighted by Gasteiger charge is -2.33. The van der Waals surface area contributed by atoms with Crippen LogP contribution >= 0.6 is 11.8 Å². The second-order valence-electron chi connectivity index (χ2n) is 8.74. The van der Waals surface area contributed by atoms with E-state index in [4.69, 9.17) is 0 Å². The van der Waals surface area contributed by atoms with Gasteiger partial charge in [-0.3, -0.25) is 9.59 Å². The summed E-state index contributed by atoms with van der Waals surface area (Å²) in [7, 11) is 0. The van der Waals surface area contributed by atoms with Crippen LogP contribution in [0.4, 0.5) is 10.1 Å². The molecule has 2 aromatic carbocycles. The van der Waals surface area contributed by atoms with Crippen LogP contribution in [-0.4, -0.2) is 28.0 Å². The number of nitrogens with zero attached hydrogens (tertiary/aromatic N) is 2. The molecule has 2 aliphatic heterocycles. The molecule has 1 unspecified atom stereocenters. The Balaban J connectivity index is 1.60. The number of para-hydroxylation sites is 1. The molecule has 1 saturated carbocycles. The summed E-state index contributed by atoms with van der Waals surface area (Å²) in [6, 6.07) is 14.0. The Hall–Kier alpha value is -2.34. The highest BCUT2D eigenvalue weighted by Crippen LogP contribution is 2.60. The number of thioether (sulfide) groups is 1. The van der Waals surface area contributed by atoms with Crippen molar-refractivity contribution in [1.82, 2.24) is 4.90 Å². The maximum atomic E-state index is 13.9. The minimum absolute atomic E-state index is 0.0486. The molecule has 3 aliphatic rings. The quantitative estimate of drug-likeness (QED) is 0.758. The monoisotopic (exact) mass is 410 g/mol. The van der Waals surface area contributed by atoms with Gasteiger partial charge in [-0.25, -0.2) is 4.39 Å². The lowest BCUT2D eigenvalue weighted by molar-refractivity contribution is -0.141. The maximum absolute atomic E-state index is 13.9. The van der Waals surface area contributed by atoms with E-state index < -0.39 is 4.87 Å². The number of carbonyl (C=O) groups excluding carboxylic acids is 2. The van der Waals surface area contributed by atoms with Crippen molar-refractivity contribution in [3.05, 3.63) is 65.5 Å². The van der Waals surface area contributed by atoms with Crippen LogP contribution in [0, 0.1) is 11.7 Å². The molecule has 2 amide bonds. The van der Waals surface area contributed by atoms with Gasteiger partial charge in [0.1, 0.15) is 5.82 Å². The van der Waals surface area contributed by atoms with Gasteiger partial charge in [-0.15, -0.1) is 11.8 Å². The number of carbonyl (C=O) groups is 2. The second-order valence-corrected chi connectivity index (χ2v) is 10.6. The van der Waals surface area contributed by atoms with Crippen molar-refractivity contribution in [1.29, 1.82) is 0 Å². The van der Waals surface area contributed by atoms with Crippen molar-refractivity contribution in [3.63, 3.8) is 0 Å². The van der Waals surface area contributed by atoms with Crippen molar-refractivity contribution in [3.8, 4) is 0 Å². The summed E-state index contributed by atoms with van der Waals surface area (Å²) in [5.74, 6) is -0.234. The molecular weight excluding hydrogens is 387 g/mol. The Morgan fingerprint density at radius 2 is 1.83 bits per heavy atom. The molecule has 1 spiro atoms. The Morgan fingerprint density at radius 1 is 1.14 bits per heavy atom. The van der Waals surface area contributed by atoms with E-state index in [1.165, 1.54) is 12.1 Å². The first kappa shape index (κ1) is 18.7. The molecule has 0 bridgehead atoms. The predicted octanol–water partition coefficient (Wildman–Crippen LogP) is 4.29. The van der Waals surface area contributed by atoms with Crippen molar-refractivity contribution < 1.29 is 14.0 Å². The number of anilines is 1. The highest BCUT2D eigenvalue weighted by atomic mass is 32.2. The van der Waals surface area contributed by atoms with Crippen LogP contribution in [0.15, 0.2) is 48.5 Å². The molecule has 1 atom stereocenters. The van der Waals surface area contributed by atoms with Gasteiger partial charge in [0, 0.05) is 22.8 Å². The minimum atomic E-state index is -1.01. The van der Waals surface area contributed by atoms with Crippen LogP contribution in [0.3, 0.4) is 0 Å². The first-order valence-corrected chi connectivity index (χ1v) is 10.8. The van der Waals surface area contributed by atoms with Gasteiger partial charge in [-0.2, -0.15) is 0 Å². The van der Waals surface area contributed by atoms with E-state index in [2.05, 4.69) is 13.8 Å². The highest BCUT2D eigenvalue weighted by Gasteiger charge is 2.64. The molecule has 2 heterocycles. The van der Waals surface area contributed by atoms with Crippen molar-refractivity contribution in [2.75, 3.05) is 11.4 Å². The van der Waals surface area contributed by atoms with Gasteiger partial charge in [0.15, 0.2) is 4.87 Å². The van der Waals surface area contributed by atoms with Gasteiger partial charge >= 0.3 is 0 Å². The summed E-state index contributed by atoms with van der Waals surface area (Å²) >= 11 is 1.58. The summed E-state index contributed by atoms with van der Waals surface area (Å²) < 4.78 is 13.1. The number of benzene rings is 2. The summed E-state index contributed by atoms with van der Waals surface area (Å²) in [5.41, 5.74) is 2.58. The van der Waals surface area contributed by atoms with Gasteiger partial charge in [-0.1, -0.05) is 30.3 Å². The molecule has 2 fully saturated rings.